The fraction of sp³-hybridized carbons (Fsp3) is 0.913. The molecule has 300 valence electrons. The minimum atomic E-state index is -0.123. The fourth-order valence-corrected chi connectivity index (χ4v) is 12.1. The summed E-state index contributed by atoms with van der Waals surface area (Å²) in [4.78, 5) is 20.6. The average molecular weight is 717 g/mol. The highest BCUT2D eigenvalue weighted by Gasteiger charge is 2.69. The highest BCUT2D eigenvalue weighted by atomic mass is 16.5. The van der Waals surface area contributed by atoms with Gasteiger partial charge in [-0.3, -0.25) is 4.79 Å². The molecular weight excluding hydrogens is 629 g/mol. The molecule has 4 aliphatic rings. The minimum Gasteiger partial charge on any atom is -0.469 e. The molecule has 0 aromatic carbocycles. The molecule has 4 saturated carbocycles. The first-order valence-corrected chi connectivity index (χ1v) is 21.3. The van der Waals surface area contributed by atoms with E-state index in [1.807, 2.05) is 20.8 Å². The normalized spacial score (nSPS) is 34.9. The number of unbranched alkanes of at least 4 members (excludes halogenated alkanes) is 2. The van der Waals surface area contributed by atoms with Crippen molar-refractivity contribution in [1.82, 2.24) is 5.32 Å². The van der Waals surface area contributed by atoms with Gasteiger partial charge in [-0.15, -0.1) is 0 Å². The maximum absolute atomic E-state index is 10.5. The first-order chi connectivity index (χ1) is 23.6. The predicted molar refractivity (Wildman–Crippen MR) is 221 cm³/mol. The van der Waals surface area contributed by atoms with Crippen LogP contribution in [0.4, 0.5) is 0 Å². The maximum atomic E-state index is 10.5. The quantitative estimate of drug-likeness (QED) is 0.174. The van der Waals surface area contributed by atoms with Gasteiger partial charge in [-0.1, -0.05) is 115 Å². The number of ketones is 1. The van der Waals surface area contributed by atoms with Crippen molar-refractivity contribution in [3.05, 3.63) is 12.3 Å². The molecule has 4 aliphatic carbocycles. The largest absolute Gasteiger partial charge is 0.469 e. The van der Waals surface area contributed by atoms with Gasteiger partial charge in [0, 0.05) is 30.6 Å². The molecule has 4 rings (SSSR count). The van der Waals surface area contributed by atoms with Crippen molar-refractivity contribution in [2.75, 3.05) is 13.7 Å². The molecule has 0 radical (unpaired) electrons. The molecular formula is C46H88N2O3. The molecule has 0 amide bonds. The van der Waals surface area contributed by atoms with E-state index in [1.54, 1.807) is 6.92 Å². The van der Waals surface area contributed by atoms with E-state index in [0.717, 1.165) is 30.5 Å². The Morgan fingerprint density at radius 2 is 1.39 bits per heavy atom. The number of methoxy groups -OCH3 is 1. The van der Waals surface area contributed by atoms with E-state index < -0.39 is 0 Å². The summed E-state index contributed by atoms with van der Waals surface area (Å²) < 4.78 is 4.35. The molecule has 0 saturated heterocycles. The molecule has 3 N–H and O–H groups in total. The molecule has 0 spiro atoms. The number of carbonyl (C=O) groups excluding carboxylic acids is 2. The molecule has 2 unspecified atom stereocenters. The third-order valence-corrected chi connectivity index (χ3v) is 14.4. The zero-order valence-electron chi connectivity index (χ0n) is 36.8. The fourth-order valence-electron chi connectivity index (χ4n) is 12.1. The van der Waals surface area contributed by atoms with E-state index in [4.69, 9.17) is 5.73 Å². The average Bonchev–Trinajstić information content (AvgIpc) is 3.01. The van der Waals surface area contributed by atoms with Gasteiger partial charge in [-0.05, 0) is 129 Å². The maximum Gasteiger partial charge on any atom is 0.305 e. The lowest BCUT2D eigenvalue weighted by molar-refractivity contribution is -0.231. The Bertz CT molecular complexity index is 1090. The van der Waals surface area contributed by atoms with Crippen LogP contribution >= 0.6 is 0 Å². The number of rotatable bonds is 10. The summed E-state index contributed by atoms with van der Waals surface area (Å²) in [7, 11) is 1.40. The van der Waals surface area contributed by atoms with E-state index in [2.05, 4.69) is 85.9 Å². The van der Waals surface area contributed by atoms with Gasteiger partial charge in [0.05, 0.1) is 7.11 Å². The van der Waals surface area contributed by atoms with Crippen LogP contribution in [0.5, 0.6) is 0 Å². The second kappa shape index (κ2) is 19.8. The van der Waals surface area contributed by atoms with Crippen molar-refractivity contribution in [2.45, 2.75) is 205 Å². The molecule has 8 atom stereocenters. The summed E-state index contributed by atoms with van der Waals surface area (Å²) in [5.41, 5.74) is 10.7. The van der Waals surface area contributed by atoms with E-state index in [-0.39, 0.29) is 22.7 Å². The van der Waals surface area contributed by atoms with Crippen molar-refractivity contribution in [2.24, 2.45) is 56.5 Å². The Kier molecular flexibility index (Phi) is 18.5. The second-order valence-corrected chi connectivity index (χ2v) is 19.7. The Labute approximate surface area is 318 Å². The van der Waals surface area contributed by atoms with Crippen molar-refractivity contribution in [3.8, 4) is 0 Å². The van der Waals surface area contributed by atoms with Crippen LogP contribution in [0.25, 0.3) is 0 Å². The van der Waals surface area contributed by atoms with Crippen LogP contribution in [0.15, 0.2) is 12.3 Å². The Morgan fingerprint density at radius 3 is 1.86 bits per heavy atom. The number of allylic oxidation sites excluding steroid dienone is 1. The zero-order chi connectivity index (χ0) is 39.5. The number of esters is 1. The summed E-state index contributed by atoms with van der Waals surface area (Å²) in [6.45, 7) is 36.7. The van der Waals surface area contributed by atoms with E-state index >= 15 is 0 Å². The molecule has 4 fully saturated rings. The van der Waals surface area contributed by atoms with Crippen molar-refractivity contribution >= 4 is 11.8 Å². The van der Waals surface area contributed by atoms with Crippen LogP contribution in [0.3, 0.4) is 0 Å². The topological polar surface area (TPSA) is 81.4 Å². The van der Waals surface area contributed by atoms with Crippen LogP contribution in [0.1, 0.15) is 200 Å². The lowest BCUT2D eigenvalue weighted by Crippen LogP contribution is -2.71. The Morgan fingerprint density at radius 1 is 0.824 bits per heavy atom. The van der Waals surface area contributed by atoms with Crippen LogP contribution in [-0.4, -0.2) is 30.9 Å². The number of hydrogen-bond donors (Lipinski definition) is 2. The zero-order valence-corrected chi connectivity index (χ0v) is 36.8. The van der Waals surface area contributed by atoms with Crippen molar-refractivity contribution in [3.63, 3.8) is 0 Å². The molecule has 51 heavy (non-hydrogen) atoms. The van der Waals surface area contributed by atoms with Gasteiger partial charge in [-0.2, -0.15) is 0 Å². The number of nitrogens with two attached hydrogens (primary N) is 1. The van der Waals surface area contributed by atoms with Gasteiger partial charge in [0.1, 0.15) is 5.78 Å². The lowest BCUT2D eigenvalue weighted by Gasteiger charge is -2.73. The Hall–Kier alpha value is -1.36. The number of ether oxygens (including phenoxy) is 1. The number of nitrogens with one attached hydrogen (secondary N) is 1. The van der Waals surface area contributed by atoms with E-state index in [0.29, 0.717) is 46.3 Å². The van der Waals surface area contributed by atoms with Gasteiger partial charge in [0.25, 0.3) is 0 Å². The second-order valence-electron chi connectivity index (χ2n) is 19.7. The highest BCUT2D eigenvalue weighted by Crippen LogP contribution is 2.75. The smallest absolute Gasteiger partial charge is 0.305 e. The van der Waals surface area contributed by atoms with E-state index in [1.165, 1.54) is 90.6 Å². The molecule has 5 heteroatoms. The first-order valence-electron chi connectivity index (χ1n) is 21.3. The third-order valence-electron chi connectivity index (χ3n) is 14.4. The number of Topliss-reactive ketones (excluding diaryl/α,β-unsaturated/α-hetero) is 1. The molecule has 0 aliphatic heterocycles. The number of hydrogen-bond acceptors (Lipinski definition) is 5. The minimum absolute atomic E-state index is 0.0395. The Balaban J connectivity index is 0.000000636. The lowest BCUT2D eigenvalue weighted by atomic mass is 9.32. The van der Waals surface area contributed by atoms with Crippen LogP contribution in [-0.2, 0) is 14.3 Å². The predicted octanol–water partition coefficient (Wildman–Crippen LogP) is 12.5. The van der Waals surface area contributed by atoms with Crippen molar-refractivity contribution < 1.29 is 14.3 Å². The summed E-state index contributed by atoms with van der Waals surface area (Å²) >= 11 is 0. The molecule has 0 heterocycles. The van der Waals surface area contributed by atoms with Crippen molar-refractivity contribution in [1.29, 1.82) is 0 Å². The molecule has 0 bridgehead atoms. The van der Waals surface area contributed by atoms with Gasteiger partial charge in [0.2, 0.25) is 0 Å². The highest BCUT2D eigenvalue weighted by molar-refractivity contribution is 5.76. The summed E-state index contributed by atoms with van der Waals surface area (Å²) in [6.07, 6.45) is 19.8. The molecule has 5 nitrogen and oxygen atoms in total. The van der Waals surface area contributed by atoms with Gasteiger partial charge < -0.3 is 20.6 Å². The molecule has 0 aromatic heterocycles. The first kappa shape index (κ1) is 47.7. The summed E-state index contributed by atoms with van der Waals surface area (Å²) in [5.74, 6) is 3.14. The number of carbonyl (C=O) groups is 2. The summed E-state index contributed by atoms with van der Waals surface area (Å²) in [6, 6.07) is 0. The third kappa shape index (κ3) is 11.6. The molecule has 0 aromatic rings. The standard InChI is InChI=1S/C32H58N2.C7H14O.C5H10O2.C2H6/c1-9-10-11-19-32(33)24(22-34-23(2)3)15-20-31(8)27(32)14-13-26-29(6)18-12-17-28(4,5)25(29)16-21-30(26,31)7;1-6(8)5-7(2,3)4;1-3-4-5(6)7-2;1-2/h24-27,34H,2,9-22,33H2,1,3-8H3;5H2,1-4H3;3-4H2,1-2H3;1-2H3/t24-,25?,26?,27+,29+,30-,31-,32-;;;/m1.../s1. The van der Waals surface area contributed by atoms with Crippen LogP contribution in [0, 0.1) is 50.7 Å². The van der Waals surface area contributed by atoms with Gasteiger partial charge in [-0.25, -0.2) is 0 Å². The number of fused-ring (bicyclic) bond motifs is 5. The van der Waals surface area contributed by atoms with Gasteiger partial charge in [0.15, 0.2) is 0 Å². The van der Waals surface area contributed by atoms with Gasteiger partial charge >= 0.3 is 5.97 Å². The van der Waals surface area contributed by atoms with Crippen LogP contribution < -0.4 is 11.1 Å². The summed E-state index contributed by atoms with van der Waals surface area (Å²) in [5, 5.41) is 3.61. The monoisotopic (exact) mass is 717 g/mol. The van der Waals surface area contributed by atoms with Crippen LogP contribution in [0.2, 0.25) is 0 Å². The van der Waals surface area contributed by atoms with E-state index in [9.17, 15) is 9.59 Å². The SMILES string of the molecule is C=C(C)NC[C@H]1CC[C@]2(C)[C@H](CCC3[C@@]4(C)CCCC(C)(C)C4CC[C@]32C)[C@@]1(N)CCCCC.CC.CC(=O)CC(C)(C)C.CCCC(=O)OC.